The van der Waals surface area contributed by atoms with Gasteiger partial charge in [0.1, 0.15) is 5.75 Å². The molecule has 0 saturated carbocycles. The van der Waals surface area contributed by atoms with Gasteiger partial charge in [0.15, 0.2) is 0 Å². The predicted molar refractivity (Wildman–Crippen MR) is 94.6 cm³/mol. The largest absolute Gasteiger partial charge is 0.495 e. The molecule has 1 aliphatic heterocycles. The number of nitrogens with zero attached hydrogens (tertiary/aromatic N) is 1. The van der Waals surface area contributed by atoms with Crippen LogP contribution in [0, 0.1) is 0 Å². The number of benzene rings is 2. The molecule has 0 unspecified atom stereocenters. The fourth-order valence-corrected chi connectivity index (χ4v) is 3.58. The van der Waals surface area contributed by atoms with Gasteiger partial charge in [0, 0.05) is 13.1 Å². The van der Waals surface area contributed by atoms with Crippen molar-refractivity contribution in [3.63, 3.8) is 0 Å². The molecule has 1 heterocycles. The van der Waals surface area contributed by atoms with Crippen LogP contribution in [0.25, 0.3) is 0 Å². The summed E-state index contributed by atoms with van der Waals surface area (Å²) in [7, 11) is 3.16. The lowest BCUT2D eigenvalue weighted by atomic mass is 9.72. The number of hydrogen-bond acceptors (Lipinski definition) is 4. The summed E-state index contributed by atoms with van der Waals surface area (Å²) in [6, 6.07) is 18.0. The third kappa shape index (κ3) is 2.84. The Hall–Kier alpha value is -2.49. The van der Waals surface area contributed by atoms with Gasteiger partial charge in [-0.05, 0) is 30.5 Å². The van der Waals surface area contributed by atoms with E-state index in [1.165, 1.54) is 7.11 Å². The number of methoxy groups -OCH3 is 2. The predicted octanol–water partition coefficient (Wildman–Crippen LogP) is 3.41. The molecule has 0 N–H and O–H groups in total. The van der Waals surface area contributed by atoms with Gasteiger partial charge in [0.2, 0.25) is 0 Å². The SMILES string of the molecule is COC(=O)C1(c2ccccc2)CCN(c2ccccc2OC)CC1. The van der Waals surface area contributed by atoms with E-state index < -0.39 is 5.41 Å². The first-order chi connectivity index (χ1) is 11.7. The normalized spacial score (nSPS) is 16.5. The first-order valence-electron chi connectivity index (χ1n) is 8.23. The van der Waals surface area contributed by atoms with Gasteiger partial charge in [-0.2, -0.15) is 0 Å². The Kier molecular flexibility index (Phi) is 4.74. The molecule has 2 aromatic carbocycles. The van der Waals surface area contributed by atoms with Crippen LogP contribution in [0.4, 0.5) is 5.69 Å². The van der Waals surface area contributed by atoms with E-state index in [1.54, 1.807) is 7.11 Å². The third-order valence-corrected chi connectivity index (χ3v) is 4.95. The monoisotopic (exact) mass is 325 g/mol. The maximum Gasteiger partial charge on any atom is 0.316 e. The third-order valence-electron chi connectivity index (χ3n) is 4.95. The highest BCUT2D eigenvalue weighted by Crippen LogP contribution is 2.39. The van der Waals surface area contributed by atoms with Gasteiger partial charge in [-0.1, -0.05) is 42.5 Å². The lowest BCUT2D eigenvalue weighted by molar-refractivity contribution is -0.148. The number of carbonyl (C=O) groups is 1. The van der Waals surface area contributed by atoms with Gasteiger partial charge in [-0.3, -0.25) is 4.79 Å². The minimum absolute atomic E-state index is 0.145. The van der Waals surface area contributed by atoms with E-state index in [1.807, 2.05) is 48.5 Å². The van der Waals surface area contributed by atoms with Crippen molar-refractivity contribution in [1.82, 2.24) is 0 Å². The smallest absolute Gasteiger partial charge is 0.316 e. The van der Waals surface area contributed by atoms with Crippen molar-refractivity contribution in [3.05, 3.63) is 60.2 Å². The summed E-state index contributed by atoms with van der Waals surface area (Å²) in [5, 5.41) is 0. The standard InChI is InChI=1S/C20H23NO3/c1-23-18-11-7-6-10-17(18)21-14-12-20(13-15-21,19(22)24-2)16-8-4-3-5-9-16/h3-11H,12-15H2,1-2H3. The molecule has 0 aliphatic carbocycles. The Bertz CT molecular complexity index is 691. The van der Waals surface area contributed by atoms with Crippen molar-refractivity contribution >= 4 is 11.7 Å². The second-order valence-electron chi connectivity index (χ2n) is 6.10. The van der Waals surface area contributed by atoms with Crippen molar-refractivity contribution in [2.24, 2.45) is 0 Å². The number of piperidine rings is 1. The Morgan fingerprint density at radius 3 is 2.21 bits per heavy atom. The molecule has 0 aromatic heterocycles. The van der Waals surface area contributed by atoms with Crippen LogP contribution in [-0.4, -0.2) is 33.3 Å². The quantitative estimate of drug-likeness (QED) is 0.808. The first-order valence-corrected chi connectivity index (χ1v) is 8.23. The summed E-state index contributed by atoms with van der Waals surface area (Å²) in [6.45, 7) is 1.56. The van der Waals surface area contributed by atoms with E-state index in [9.17, 15) is 4.79 Å². The zero-order valence-corrected chi connectivity index (χ0v) is 14.2. The Morgan fingerprint density at radius 1 is 0.958 bits per heavy atom. The molecule has 0 atom stereocenters. The molecular formula is C20H23NO3. The molecule has 1 aliphatic rings. The van der Waals surface area contributed by atoms with Gasteiger partial charge >= 0.3 is 5.97 Å². The zero-order valence-electron chi connectivity index (χ0n) is 14.2. The van der Waals surface area contributed by atoms with E-state index in [2.05, 4.69) is 11.0 Å². The van der Waals surface area contributed by atoms with Gasteiger partial charge in [-0.15, -0.1) is 0 Å². The molecule has 0 spiro atoms. The summed E-state index contributed by atoms with van der Waals surface area (Å²) < 4.78 is 10.6. The molecule has 0 amide bonds. The van der Waals surface area contributed by atoms with Crippen molar-refractivity contribution < 1.29 is 14.3 Å². The maximum absolute atomic E-state index is 12.6. The molecule has 126 valence electrons. The Morgan fingerprint density at radius 2 is 1.58 bits per heavy atom. The topological polar surface area (TPSA) is 38.8 Å². The fourth-order valence-electron chi connectivity index (χ4n) is 3.58. The lowest BCUT2D eigenvalue weighted by Crippen LogP contribution is -2.48. The van der Waals surface area contributed by atoms with Crippen LogP contribution in [-0.2, 0) is 14.9 Å². The minimum atomic E-state index is -0.561. The molecule has 4 heteroatoms. The number of para-hydroxylation sites is 2. The van der Waals surface area contributed by atoms with Crippen LogP contribution in [0.15, 0.2) is 54.6 Å². The number of ether oxygens (including phenoxy) is 2. The number of hydrogen-bond donors (Lipinski definition) is 0. The first kappa shape index (κ1) is 16.4. The fraction of sp³-hybridized carbons (Fsp3) is 0.350. The molecule has 1 fully saturated rings. The van der Waals surface area contributed by atoms with Crippen LogP contribution < -0.4 is 9.64 Å². The summed E-state index contributed by atoms with van der Waals surface area (Å²) in [6.07, 6.45) is 1.45. The average molecular weight is 325 g/mol. The molecule has 1 saturated heterocycles. The van der Waals surface area contributed by atoms with E-state index in [-0.39, 0.29) is 5.97 Å². The molecule has 3 rings (SSSR count). The molecule has 24 heavy (non-hydrogen) atoms. The van der Waals surface area contributed by atoms with E-state index in [0.29, 0.717) is 0 Å². The Labute approximate surface area is 143 Å². The van der Waals surface area contributed by atoms with Gasteiger partial charge < -0.3 is 14.4 Å². The second kappa shape index (κ2) is 6.95. The van der Waals surface area contributed by atoms with Gasteiger partial charge in [-0.25, -0.2) is 0 Å². The highest BCUT2D eigenvalue weighted by molar-refractivity contribution is 5.83. The van der Waals surface area contributed by atoms with Crippen LogP contribution in [0.3, 0.4) is 0 Å². The molecule has 0 radical (unpaired) electrons. The van der Waals surface area contributed by atoms with E-state index >= 15 is 0 Å². The van der Waals surface area contributed by atoms with Crippen LogP contribution in [0.2, 0.25) is 0 Å². The van der Waals surface area contributed by atoms with Crippen molar-refractivity contribution in [3.8, 4) is 5.75 Å². The number of esters is 1. The summed E-state index contributed by atoms with van der Waals surface area (Å²) in [5.74, 6) is 0.719. The van der Waals surface area contributed by atoms with Crippen LogP contribution in [0.5, 0.6) is 5.75 Å². The summed E-state index contributed by atoms with van der Waals surface area (Å²) in [4.78, 5) is 14.9. The lowest BCUT2D eigenvalue weighted by Gasteiger charge is -2.41. The maximum atomic E-state index is 12.6. The van der Waals surface area contributed by atoms with E-state index in [4.69, 9.17) is 9.47 Å². The van der Waals surface area contributed by atoms with Crippen molar-refractivity contribution in [2.45, 2.75) is 18.3 Å². The highest BCUT2D eigenvalue weighted by atomic mass is 16.5. The molecule has 0 bridgehead atoms. The van der Waals surface area contributed by atoms with E-state index in [0.717, 1.165) is 42.9 Å². The number of rotatable bonds is 4. The van der Waals surface area contributed by atoms with Crippen LogP contribution in [0.1, 0.15) is 18.4 Å². The van der Waals surface area contributed by atoms with Gasteiger partial charge in [0.25, 0.3) is 0 Å². The number of anilines is 1. The summed E-state index contributed by atoms with van der Waals surface area (Å²) >= 11 is 0. The second-order valence-corrected chi connectivity index (χ2v) is 6.10. The number of carbonyl (C=O) groups excluding carboxylic acids is 1. The molecular weight excluding hydrogens is 302 g/mol. The van der Waals surface area contributed by atoms with Crippen molar-refractivity contribution in [2.75, 3.05) is 32.2 Å². The van der Waals surface area contributed by atoms with Crippen LogP contribution >= 0.6 is 0 Å². The van der Waals surface area contributed by atoms with Crippen molar-refractivity contribution in [1.29, 1.82) is 0 Å². The Balaban J connectivity index is 1.86. The minimum Gasteiger partial charge on any atom is -0.495 e. The highest BCUT2D eigenvalue weighted by Gasteiger charge is 2.44. The molecule has 4 nitrogen and oxygen atoms in total. The molecule has 2 aromatic rings. The summed E-state index contributed by atoms with van der Waals surface area (Å²) in [5.41, 5.74) is 1.55. The van der Waals surface area contributed by atoms with Gasteiger partial charge in [0.05, 0.1) is 25.3 Å². The zero-order chi connectivity index (χ0) is 17.0. The average Bonchev–Trinajstić information content (AvgIpc) is 2.68.